The standard InChI is InChI=1S/C23H24ClF2NO4S/c1-12-7-18(25)19(26)11-20(12)27-22(28)13-3-6-17(24)21(8-13)32(30,31)16-9-14-4-5-15(10-16)23(14,2)29/h3,6-8,11,14-16,29H,4-5,9-10H2,1-2H3,(H,27,28)/t14?,15?,16-,23-. The molecule has 5 nitrogen and oxygen atoms in total. The summed E-state index contributed by atoms with van der Waals surface area (Å²) in [6.07, 6.45) is 2.25. The molecular formula is C23H24ClF2NO4S. The van der Waals surface area contributed by atoms with Crippen molar-refractivity contribution in [3.63, 3.8) is 0 Å². The smallest absolute Gasteiger partial charge is 0.255 e. The lowest BCUT2D eigenvalue weighted by Gasteiger charge is -2.40. The number of hydrogen-bond acceptors (Lipinski definition) is 4. The highest BCUT2D eigenvalue weighted by Gasteiger charge is 2.53. The molecule has 0 aliphatic heterocycles. The van der Waals surface area contributed by atoms with Gasteiger partial charge in [-0.3, -0.25) is 4.79 Å². The third-order valence-electron chi connectivity index (χ3n) is 7.07. The largest absolute Gasteiger partial charge is 0.390 e. The Hall–Kier alpha value is -2.03. The molecule has 1 amide bonds. The Morgan fingerprint density at radius 1 is 1.12 bits per heavy atom. The minimum Gasteiger partial charge on any atom is -0.390 e. The van der Waals surface area contributed by atoms with E-state index >= 15 is 0 Å². The van der Waals surface area contributed by atoms with Gasteiger partial charge in [-0.2, -0.15) is 0 Å². The number of aryl methyl sites for hydroxylation is 1. The van der Waals surface area contributed by atoms with Crippen molar-refractivity contribution in [3.05, 3.63) is 58.1 Å². The van der Waals surface area contributed by atoms with Crippen LogP contribution in [0.2, 0.25) is 5.02 Å². The Balaban J connectivity index is 1.62. The van der Waals surface area contributed by atoms with Crippen molar-refractivity contribution in [1.29, 1.82) is 0 Å². The fourth-order valence-corrected chi connectivity index (χ4v) is 7.44. The van der Waals surface area contributed by atoms with E-state index in [1.165, 1.54) is 25.1 Å². The number of carbonyl (C=O) groups is 1. The third kappa shape index (κ3) is 3.93. The average Bonchev–Trinajstić information content (AvgIpc) is 2.88. The van der Waals surface area contributed by atoms with E-state index in [1.807, 2.05) is 0 Å². The monoisotopic (exact) mass is 483 g/mol. The zero-order valence-electron chi connectivity index (χ0n) is 17.7. The molecule has 2 N–H and O–H groups in total. The van der Waals surface area contributed by atoms with Crippen molar-refractivity contribution in [2.24, 2.45) is 11.8 Å². The van der Waals surface area contributed by atoms with Gasteiger partial charge in [0.2, 0.25) is 0 Å². The molecule has 9 heteroatoms. The van der Waals surface area contributed by atoms with Gasteiger partial charge in [0.05, 0.1) is 20.8 Å². The van der Waals surface area contributed by atoms with Crippen molar-refractivity contribution in [3.8, 4) is 0 Å². The van der Waals surface area contributed by atoms with Crippen molar-refractivity contribution in [2.45, 2.75) is 55.3 Å². The highest BCUT2D eigenvalue weighted by Crippen LogP contribution is 2.51. The topological polar surface area (TPSA) is 83.5 Å². The molecule has 2 saturated carbocycles. The number of halogens is 3. The Morgan fingerprint density at radius 3 is 2.34 bits per heavy atom. The van der Waals surface area contributed by atoms with E-state index in [0.717, 1.165) is 25.0 Å². The van der Waals surface area contributed by atoms with Gasteiger partial charge in [-0.05, 0) is 81.2 Å². The molecule has 2 aliphatic rings. The van der Waals surface area contributed by atoms with Crippen LogP contribution in [0, 0.1) is 30.4 Å². The van der Waals surface area contributed by atoms with E-state index in [4.69, 9.17) is 11.6 Å². The van der Waals surface area contributed by atoms with Crippen LogP contribution in [0.15, 0.2) is 35.2 Å². The zero-order chi connectivity index (χ0) is 23.4. The van der Waals surface area contributed by atoms with Crippen LogP contribution in [-0.4, -0.2) is 30.3 Å². The lowest BCUT2D eigenvalue weighted by atomic mass is 9.76. The molecule has 2 aromatic rings. The number of carbonyl (C=O) groups excluding carboxylic acids is 1. The van der Waals surface area contributed by atoms with Crippen molar-refractivity contribution < 1.29 is 27.1 Å². The van der Waals surface area contributed by atoms with Gasteiger partial charge in [0, 0.05) is 17.3 Å². The lowest BCUT2D eigenvalue weighted by molar-refractivity contribution is -0.0413. The normalized spacial score (nSPS) is 27.4. The molecule has 2 bridgehead atoms. The van der Waals surface area contributed by atoms with E-state index in [1.54, 1.807) is 6.92 Å². The van der Waals surface area contributed by atoms with Gasteiger partial charge in [0.1, 0.15) is 0 Å². The number of fused-ring (bicyclic) bond motifs is 2. The minimum atomic E-state index is -3.85. The van der Waals surface area contributed by atoms with Crippen LogP contribution >= 0.6 is 11.6 Å². The summed E-state index contributed by atoms with van der Waals surface area (Å²) in [5, 5.41) is 12.5. The molecule has 2 fully saturated rings. The summed E-state index contributed by atoms with van der Waals surface area (Å²) in [4.78, 5) is 12.6. The summed E-state index contributed by atoms with van der Waals surface area (Å²) in [5.41, 5.74) is -0.425. The second kappa shape index (κ2) is 8.08. The van der Waals surface area contributed by atoms with Gasteiger partial charge in [0.25, 0.3) is 5.91 Å². The first-order valence-electron chi connectivity index (χ1n) is 10.4. The van der Waals surface area contributed by atoms with Crippen LogP contribution in [0.4, 0.5) is 14.5 Å². The van der Waals surface area contributed by atoms with Gasteiger partial charge >= 0.3 is 0 Å². The summed E-state index contributed by atoms with van der Waals surface area (Å²) >= 11 is 6.22. The van der Waals surface area contributed by atoms with Crippen molar-refractivity contribution in [2.75, 3.05) is 5.32 Å². The third-order valence-corrected chi connectivity index (χ3v) is 9.72. The number of benzene rings is 2. The summed E-state index contributed by atoms with van der Waals surface area (Å²) < 4.78 is 53.8. The predicted octanol–water partition coefficient (Wildman–Crippen LogP) is 4.89. The van der Waals surface area contributed by atoms with Gasteiger partial charge in [-0.15, -0.1) is 0 Å². The number of hydrogen-bond donors (Lipinski definition) is 2. The molecule has 2 aromatic carbocycles. The summed E-state index contributed by atoms with van der Waals surface area (Å²) in [7, 11) is -3.85. The molecular weight excluding hydrogens is 460 g/mol. The predicted molar refractivity (Wildman–Crippen MR) is 118 cm³/mol. The SMILES string of the molecule is Cc1cc(F)c(F)cc1NC(=O)c1ccc(Cl)c(S(=O)(=O)[C@H]2CC3CCC(C2)[C@@]3(C)O)c1. The van der Waals surface area contributed by atoms with Crippen LogP contribution in [0.1, 0.15) is 48.5 Å². The fourth-order valence-electron chi connectivity index (χ4n) is 5.03. The zero-order valence-corrected chi connectivity index (χ0v) is 19.2. The van der Waals surface area contributed by atoms with Gasteiger partial charge in [-0.25, -0.2) is 17.2 Å². The first kappa shape index (κ1) is 23.1. The first-order chi connectivity index (χ1) is 14.9. The molecule has 0 saturated heterocycles. The Labute approximate surface area is 190 Å². The molecule has 0 aromatic heterocycles. The second-order valence-electron chi connectivity index (χ2n) is 9.02. The summed E-state index contributed by atoms with van der Waals surface area (Å²) in [5.74, 6) is -2.99. The van der Waals surface area contributed by atoms with Gasteiger partial charge in [-0.1, -0.05) is 11.6 Å². The molecule has 32 heavy (non-hydrogen) atoms. The highest BCUT2D eigenvalue weighted by molar-refractivity contribution is 7.92. The maximum atomic E-state index is 13.6. The number of nitrogens with one attached hydrogen (secondary N) is 1. The van der Waals surface area contributed by atoms with Crippen LogP contribution in [0.5, 0.6) is 0 Å². The average molecular weight is 484 g/mol. The molecule has 0 heterocycles. The maximum absolute atomic E-state index is 13.6. The number of anilines is 1. The van der Waals surface area contributed by atoms with E-state index in [-0.39, 0.29) is 33.0 Å². The molecule has 0 radical (unpaired) electrons. The quantitative estimate of drug-likeness (QED) is 0.648. The van der Waals surface area contributed by atoms with E-state index in [0.29, 0.717) is 18.4 Å². The summed E-state index contributed by atoms with van der Waals surface area (Å²) in [6.45, 7) is 3.29. The van der Waals surface area contributed by atoms with Crippen LogP contribution in [0.3, 0.4) is 0 Å². The summed E-state index contributed by atoms with van der Waals surface area (Å²) in [6, 6.07) is 5.78. The van der Waals surface area contributed by atoms with E-state index < -0.39 is 38.2 Å². The Kier molecular flexibility index (Phi) is 5.84. The molecule has 2 atom stereocenters. The Bertz CT molecular complexity index is 1180. The molecule has 2 aliphatic carbocycles. The van der Waals surface area contributed by atoms with Crippen molar-refractivity contribution >= 4 is 33.0 Å². The fraction of sp³-hybridized carbons (Fsp3) is 0.435. The molecule has 172 valence electrons. The number of sulfone groups is 1. The second-order valence-corrected chi connectivity index (χ2v) is 11.6. The number of aliphatic hydroxyl groups is 1. The highest BCUT2D eigenvalue weighted by atomic mass is 35.5. The number of amides is 1. The molecule has 4 rings (SSSR count). The minimum absolute atomic E-state index is 0.00948. The number of rotatable bonds is 4. The lowest BCUT2D eigenvalue weighted by Crippen LogP contribution is -2.45. The van der Waals surface area contributed by atoms with Gasteiger partial charge < -0.3 is 10.4 Å². The van der Waals surface area contributed by atoms with Gasteiger partial charge in [0.15, 0.2) is 21.5 Å². The first-order valence-corrected chi connectivity index (χ1v) is 12.4. The molecule has 0 spiro atoms. The van der Waals surface area contributed by atoms with Crippen LogP contribution < -0.4 is 5.32 Å². The van der Waals surface area contributed by atoms with Crippen LogP contribution in [0.25, 0.3) is 0 Å². The molecule has 2 unspecified atom stereocenters. The Morgan fingerprint density at radius 2 is 1.72 bits per heavy atom. The van der Waals surface area contributed by atoms with Crippen molar-refractivity contribution in [1.82, 2.24) is 0 Å². The maximum Gasteiger partial charge on any atom is 0.255 e. The van der Waals surface area contributed by atoms with E-state index in [2.05, 4.69) is 5.32 Å². The van der Waals surface area contributed by atoms with E-state index in [9.17, 15) is 27.1 Å². The van der Waals surface area contributed by atoms with Crippen LogP contribution in [-0.2, 0) is 9.84 Å².